The van der Waals surface area contributed by atoms with Crippen molar-refractivity contribution < 1.29 is 9.53 Å². The van der Waals surface area contributed by atoms with Crippen LogP contribution in [0.4, 0.5) is 0 Å². The van der Waals surface area contributed by atoms with Gasteiger partial charge in [0.1, 0.15) is 5.75 Å². The van der Waals surface area contributed by atoms with Crippen LogP contribution in [0.2, 0.25) is 0 Å². The lowest BCUT2D eigenvalue weighted by atomic mass is 10.1. The highest BCUT2D eigenvalue weighted by Crippen LogP contribution is 2.24. The van der Waals surface area contributed by atoms with E-state index in [1.54, 1.807) is 0 Å². The third kappa shape index (κ3) is 4.06. The molecule has 2 rings (SSSR count). The SMILES string of the molecule is CCC(Oc1ccc(-c2ccc(Br)cc2)cc1)C(=O)NN. The Bertz CT molecular complexity index is 597. The number of carbonyl (C=O) groups excluding carboxylic acids is 1. The first-order chi connectivity index (χ1) is 10.1. The third-order valence-corrected chi connectivity index (χ3v) is 3.64. The number of halogens is 1. The maximum atomic E-state index is 11.5. The number of rotatable bonds is 5. The Kier molecular flexibility index (Phi) is 5.36. The van der Waals surface area contributed by atoms with Gasteiger partial charge in [0.05, 0.1) is 0 Å². The van der Waals surface area contributed by atoms with Crippen LogP contribution in [0, 0.1) is 0 Å². The topological polar surface area (TPSA) is 64.3 Å². The van der Waals surface area contributed by atoms with Gasteiger partial charge in [-0.15, -0.1) is 0 Å². The predicted octanol–water partition coefficient (Wildman–Crippen LogP) is 3.26. The van der Waals surface area contributed by atoms with Crippen LogP contribution in [-0.2, 0) is 4.79 Å². The Labute approximate surface area is 132 Å². The molecule has 2 aromatic carbocycles. The summed E-state index contributed by atoms with van der Waals surface area (Å²) in [6.07, 6.45) is -0.0224. The molecule has 0 saturated carbocycles. The number of nitrogens with two attached hydrogens (primary N) is 1. The van der Waals surface area contributed by atoms with E-state index in [-0.39, 0.29) is 5.91 Å². The van der Waals surface area contributed by atoms with Gasteiger partial charge in [-0.05, 0) is 41.8 Å². The number of hydrogen-bond donors (Lipinski definition) is 2. The van der Waals surface area contributed by atoms with E-state index >= 15 is 0 Å². The van der Waals surface area contributed by atoms with Crippen LogP contribution in [-0.4, -0.2) is 12.0 Å². The number of hydrogen-bond acceptors (Lipinski definition) is 3. The second-order valence-corrected chi connectivity index (χ2v) is 5.47. The lowest BCUT2D eigenvalue weighted by Gasteiger charge is -2.16. The quantitative estimate of drug-likeness (QED) is 0.495. The first kappa shape index (κ1) is 15.5. The normalized spacial score (nSPS) is 11.8. The second kappa shape index (κ2) is 7.24. The maximum absolute atomic E-state index is 11.5. The Morgan fingerprint density at radius 3 is 2.14 bits per heavy atom. The molecule has 0 aliphatic carbocycles. The highest BCUT2D eigenvalue weighted by atomic mass is 79.9. The molecule has 5 heteroatoms. The van der Waals surface area contributed by atoms with Crippen molar-refractivity contribution in [2.75, 3.05) is 0 Å². The molecule has 4 nitrogen and oxygen atoms in total. The van der Waals surface area contributed by atoms with Crippen LogP contribution >= 0.6 is 15.9 Å². The van der Waals surface area contributed by atoms with Crippen molar-refractivity contribution in [2.24, 2.45) is 5.84 Å². The summed E-state index contributed by atoms with van der Waals surface area (Å²) in [5.74, 6) is 5.45. The van der Waals surface area contributed by atoms with Crippen LogP contribution < -0.4 is 16.0 Å². The van der Waals surface area contributed by atoms with Crippen molar-refractivity contribution >= 4 is 21.8 Å². The van der Waals surface area contributed by atoms with Gasteiger partial charge in [-0.1, -0.05) is 47.1 Å². The van der Waals surface area contributed by atoms with Crippen LogP contribution in [0.15, 0.2) is 53.0 Å². The lowest BCUT2D eigenvalue weighted by Crippen LogP contribution is -2.41. The van der Waals surface area contributed by atoms with Crippen molar-refractivity contribution in [3.05, 3.63) is 53.0 Å². The van der Waals surface area contributed by atoms with Gasteiger partial charge in [0, 0.05) is 4.47 Å². The van der Waals surface area contributed by atoms with Gasteiger partial charge in [-0.2, -0.15) is 0 Å². The molecule has 1 atom stereocenters. The second-order valence-electron chi connectivity index (χ2n) is 4.55. The summed E-state index contributed by atoms with van der Waals surface area (Å²) in [5, 5.41) is 0. The highest BCUT2D eigenvalue weighted by Gasteiger charge is 2.16. The van der Waals surface area contributed by atoms with Gasteiger partial charge in [0.2, 0.25) is 0 Å². The Balaban J connectivity index is 2.11. The minimum atomic E-state index is -0.575. The average molecular weight is 349 g/mol. The number of nitrogens with one attached hydrogen (secondary N) is 1. The van der Waals surface area contributed by atoms with Crippen molar-refractivity contribution in [3.63, 3.8) is 0 Å². The maximum Gasteiger partial charge on any atom is 0.274 e. The molecule has 0 aliphatic heterocycles. The zero-order valence-electron chi connectivity index (χ0n) is 11.7. The number of hydrazine groups is 1. The molecule has 110 valence electrons. The molecule has 0 aliphatic rings. The predicted molar refractivity (Wildman–Crippen MR) is 86.6 cm³/mol. The fourth-order valence-corrected chi connectivity index (χ4v) is 2.21. The summed E-state index contributed by atoms with van der Waals surface area (Å²) in [7, 11) is 0. The summed E-state index contributed by atoms with van der Waals surface area (Å²) >= 11 is 3.42. The minimum Gasteiger partial charge on any atom is -0.481 e. The first-order valence-corrected chi connectivity index (χ1v) is 7.46. The van der Waals surface area contributed by atoms with Gasteiger partial charge in [-0.3, -0.25) is 10.2 Å². The standard InChI is InChI=1S/C16H17BrN2O2/c1-2-15(16(20)19-18)21-14-9-5-12(6-10-14)11-3-7-13(17)8-4-11/h3-10,15H,2,18H2,1H3,(H,19,20). The molecular formula is C16H17BrN2O2. The van der Waals surface area contributed by atoms with Crippen LogP contribution in [0.3, 0.4) is 0 Å². The smallest absolute Gasteiger partial charge is 0.274 e. The first-order valence-electron chi connectivity index (χ1n) is 6.67. The van der Waals surface area contributed by atoms with E-state index < -0.39 is 6.10 Å². The van der Waals surface area contributed by atoms with Crippen LogP contribution in [0.25, 0.3) is 11.1 Å². The Morgan fingerprint density at radius 1 is 1.14 bits per heavy atom. The fourth-order valence-electron chi connectivity index (χ4n) is 1.95. The van der Waals surface area contributed by atoms with Gasteiger partial charge in [-0.25, -0.2) is 5.84 Å². The largest absolute Gasteiger partial charge is 0.481 e. The van der Waals surface area contributed by atoms with Gasteiger partial charge in [0.15, 0.2) is 6.10 Å². The molecule has 2 aromatic rings. The fraction of sp³-hybridized carbons (Fsp3) is 0.188. The summed E-state index contributed by atoms with van der Waals surface area (Å²) in [4.78, 5) is 11.5. The van der Waals surface area contributed by atoms with Crippen molar-refractivity contribution in [2.45, 2.75) is 19.4 Å². The molecule has 0 bridgehead atoms. The van der Waals surface area contributed by atoms with E-state index in [0.29, 0.717) is 12.2 Å². The van der Waals surface area contributed by atoms with Crippen molar-refractivity contribution in [1.82, 2.24) is 5.43 Å². The van der Waals surface area contributed by atoms with E-state index in [1.807, 2.05) is 55.5 Å². The monoisotopic (exact) mass is 348 g/mol. The molecule has 0 heterocycles. The molecule has 0 radical (unpaired) electrons. The third-order valence-electron chi connectivity index (χ3n) is 3.12. The van der Waals surface area contributed by atoms with E-state index in [0.717, 1.165) is 15.6 Å². The molecule has 0 spiro atoms. The van der Waals surface area contributed by atoms with E-state index in [4.69, 9.17) is 10.6 Å². The number of carbonyl (C=O) groups is 1. The van der Waals surface area contributed by atoms with E-state index in [1.165, 1.54) is 0 Å². The van der Waals surface area contributed by atoms with E-state index in [9.17, 15) is 4.79 Å². The molecule has 0 saturated heterocycles. The summed E-state index contributed by atoms with van der Waals surface area (Å²) in [6.45, 7) is 1.87. The molecule has 1 unspecified atom stereocenters. The number of ether oxygens (including phenoxy) is 1. The number of amides is 1. The van der Waals surface area contributed by atoms with Crippen molar-refractivity contribution in [3.8, 4) is 16.9 Å². The molecule has 1 amide bonds. The molecule has 0 fully saturated rings. The zero-order chi connectivity index (χ0) is 15.2. The van der Waals surface area contributed by atoms with Crippen LogP contribution in [0.1, 0.15) is 13.3 Å². The summed E-state index contributed by atoms with van der Waals surface area (Å²) in [6, 6.07) is 15.7. The molecular weight excluding hydrogens is 332 g/mol. The molecule has 3 N–H and O–H groups in total. The highest BCUT2D eigenvalue weighted by molar-refractivity contribution is 9.10. The Hall–Kier alpha value is -1.85. The Morgan fingerprint density at radius 2 is 1.67 bits per heavy atom. The van der Waals surface area contributed by atoms with Crippen LogP contribution in [0.5, 0.6) is 5.75 Å². The van der Waals surface area contributed by atoms with Gasteiger partial charge >= 0.3 is 0 Å². The van der Waals surface area contributed by atoms with E-state index in [2.05, 4.69) is 21.4 Å². The lowest BCUT2D eigenvalue weighted by molar-refractivity contribution is -0.128. The summed E-state index contributed by atoms with van der Waals surface area (Å²) < 4.78 is 6.67. The zero-order valence-corrected chi connectivity index (χ0v) is 13.3. The minimum absolute atomic E-state index is 0.325. The molecule has 0 aromatic heterocycles. The summed E-state index contributed by atoms with van der Waals surface area (Å²) in [5.41, 5.74) is 4.32. The number of benzene rings is 2. The molecule has 21 heavy (non-hydrogen) atoms. The van der Waals surface area contributed by atoms with Gasteiger partial charge in [0.25, 0.3) is 5.91 Å². The van der Waals surface area contributed by atoms with Crippen molar-refractivity contribution in [1.29, 1.82) is 0 Å². The van der Waals surface area contributed by atoms with Gasteiger partial charge < -0.3 is 4.74 Å². The average Bonchev–Trinajstić information content (AvgIpc) is 2.53.